The zero-order valence-electron chi connectivity index (χ0n) is 15.2. The van der Waals surface area contributed by atoms with Gasteiger partial charge in [0.05, 0.1) is 0 Å². The van der Waals surface area contributed by atoms with Crippen LogP contribution in [0.4, 0.5) is 18.9 Å². The molecule has 0 bridgehead atoms. The number of carbonyl (C=O) groups excluding carboxylic acids is 1. The third kappa shape index (κ3) is 4.78. The van der Waals surface area contributed by atoms with E-state index in [2.05, 4.69) is 17.2 Å². The van der Waals surface area contributed by atoms with Gasteiger partial charge in [-0.25, -0.2) is 4.98 Å². The molecule has 0 aliphatic heterocycles. The van der Waals surface area contributed by atoms with Gasteiger partial charge in [0.25, 0.3) is 5.91 Å². The summed E-state index contributed by atoms with van der Waals surface area (Å²) in [5.74, 6) is -0.812. The van der Waals surface area contributed by atoms with E-state index in [1.54, 1.807) is 42.5 Å². The Kier molecular flexibility index (Phi) is 6.14. The maximum Gasteiger partial charge on any atom is 0.435 e. The number of alkyl halides is 3. The van der Waals surface area contributed by atoms with Crippen LogP contribution in [0.5, 0.6) is 0 Å². The van der Waals surface area contributed by atoms with E-state index < -0.39 is 22.7 Å². The van der Waals surface area contributed by atoms with Crippen molar-refractivity contribution in [3.63, 3.8) is 0 Å². The van der Waals surface area contributed by atoms with Crippen molar-refractivity contribution in [2.75, 3.05) is 5.32 Å². The fraction of sp³-hybridized carbons (Fsp3) is 0.238. The van der Waals surface area contributed by atoms with E-state index in [9.17, 15) is 18.0 Å². The second-order valence-corrected chi connectivity index (χ2v) is 7.31. The Hall–Kier alpha value is -2.67. The summed E-state index contributed by atoms with van der Waals surface area (Å²) in [6.45, 7) is 2.10. The molecule has 0 atom stereocenters. The molecule has 3 nitrogen and oxygen atoms in total. The van der Waals surface area contributed by atoms with Gasteiger partial charge in [0.15, 0.2) is 5.69 Å². The fourth-order valence-electron chi connectivity index (χ4n) is 2.69. The van der Waals surface area contributed by atoms with Crippen LogP contribution in [-0.4, -0.2) is 10.9 Å². The molecule has 7 heteroatoms. The van der Waals surface area contributed by atoms with Gasteiger partial charge < -0.3 is 5.32 Å². The maximum atomic E-state index is 13.4. The number of amides is 1. The van der Waals surface area contributed by atoms with Crippen LogP contribution in [0.2, 0.25) is 0 Å². The molecule has 0 aliphatic rings. The molecule has 1 amide bonds. The quantitative estimate of drug-likeness (QED) is 0.515. The number of anilines is 1. The molecule has 28 heavy (non-hydrogen) atoms. The standard InChI is InChI=1S/C21H19F3N2OS/c1-2-3-7-14-10-12-16(13-11-14)25-19(27)17-18(21(22,23)24)26-20(28-17)15-8-5-4-6-9-15/h4-6,8-13H,2-3,7H2,1H3,(H,25,27). The molecule has 146 valence electrons. The highest BCUT2D eigenvalue weighted by molar-refractivity contribution is 7.17. The van der Waals surface area contributed by atoms with E-state index in [1.165, 1.54) is 0 Å². The number of aryl methyl sites for hydroxylation is 1. The number of carbonyl (C=O) groups is 1. The molecule has 0 saturated carbocycles. The van der Waals surface area contributed by atoms with Crippen LogP contribution >= 0.6 is 11.3 Å². The average Bonchev–Trinajstić information content (AvgIpc) is 3.14. The molecule has 3 aromatic rings. The van der Waals surface area contributed by atoms with Crippen molar-refractivity contribution >= 4 is 22.9 Å². The fourth-order valence-corrected chi connectivity index (χ4v) is 3.68. The molecule has 1 heterocycles. The molecule has 0 fully saturated rings. The van der Waals surface area contributed by atoms with Crippen LogP contribution in [0.15, 0.2) is 54.6 Å². The van der Waals surface area contributed by atoms with E-state index >= 15 is 0 Å². The van der Waals surface area contributed by atoms with Crippen molar-refractivity contribution in [2.24, 2.45) is 0 Å². The number of nitrogens with one attached hydrogen (secondary N) is 1. The van der Waals surface area contributed by atoms with Gasteiger partial charge in [-0.05, 0) is 30.5 Å². The Labute approximate surface area is 165 Å². The van der Waals surface area contributed by atoms with Crippen LogP contribution in [0, 0.1) is 0 Å². The summed E-state index contributed by atoms with van der Waals surface area (Å²) in [5, 5.41) is 2.71. The highest BCUT2D eigenvalue weighted by atomic mass is 32.1. The molecule has 1 N–H and O–H groups in total. The van der Waals surface area contributed by atoms with Crippen LogP contribution in [0.25, 0.3) is 10.6 Å². The molecule has 1 aromatic heterocycles. The minimum Gasteiger partial charge on any atom is -0.321 e. The smallest absolute Gasteiger partial charge is 0.321 e. The van der Waals surface area contributed by atoms with Crippen molar-refractivity contribution in [3.05, 3.63) is 70.7 Å². The Balaban J connectivity index is 1.85. The number of thiazole rings is 1. The number of benzene rings is 2. The lowest BCUT2D eigenvalue weighted by atomic mass is 10.1. The number of nitrogens with zero attached hydrogens (tertiary/aromatic N) is 1. The Bertz CT molecular complexity index is 935. The number of rotatable bonds is 6. The molecular weight excluding hydrogens is 385 g/mol. The van der Waals surface area contributed by atoms with Crippen molar-refractivity contribution in [3.8, 4) is 10.6 Å². The summed E-state index contributed by atoms with van der Waals surface area (Å²) in [4.78, 5) is 15.8. The lowest BCUT2D eigenvalue weighted by Crippen LogP contribution is -2.17. The van der Waals surface area contributed by atoms with Gasteiger partial charge in [0.2, 0.25) is 0 Å². The third-order valence-electron chi connectivity index (χ3n) is 4.15. The second kappa shape index (κ2) is 8.56. The Morgan fingerprint density at radius 2 is 1.75 bits per heavy atom. The van der Waals surface area contributed by atoms with E-state index in [-0.39, 0.29) is 5.01 Å². The van der Waals surface area contributed by atoms with Crippen LogP contribution < -0.4 is 5.32 Å². The monoisotopic (exact) mass is 404 g/mol. The van der Waals surface area contributed by atoms with Crippen molar-refractivity contribution in [1.82, 2.24) is 4.98 Å². The molecular formula is C21H19F3N2OS. The number of aromatic nitrogens is 1. The van der Waals surface area contributed by atoms with E-state index in [4.69, 9.17) is 0 Å². The number of hydrogen-bond acceptors (Lipinski definition) is 3. The SMILES string of the molecule is CCCCc1ccc(NC(=O)c2sc(-c3ccccc3)nc2C(F)(F)F)cc1. The largest absolute Gasteiger partial charge is 0.435 e. The van der Waals surface area contributed by atoms with E-state index in [1.807, 2.05) is 12.1 Å². The summed E-state index contributed by atoms with van der Waals surface area (Å²) in [6.07, 6.45) is -1.64. The van der Waals surface area contributed by atoms with Crippen LogP contribution in [-0.2, 0) is 12.6 Å². The van der Waals surface area contributed by atoms with Crippen LogP contribution in [0.1, 0.15) is 40.7 Å². The number of unbranched alkanes of at least 4 members (excludes halogenated alkanes) is 1. The van der Waals surface area contributed by atoms with Gasteiger partial charge in [-0.2, -0.15) is 13.2 Å². The van der Waals surface area contributed by atoms with Crippen LogP contribution in [0.3, 0.4) is 0 Å². The summed E-state index contributed by atoms with van der Waals surface area (Å²) >= 11 is 0.738. The lowest BCUT2D eigenvalue weighted by Gasteiger charge is -2.08. The predicted octanol–water partition coefficient (Wildman–Crippen LogP) is 6.42. The molecule has 2 aromatic carbocycles. The highest BCUT2D eigenvalue weighted by Crippen LogP contribution is 2.38. The maximum absolute atomic E-state index is 13.4. The first kappa shape index (κ1) is 20.1. The molecule has 0 radical (unpaired) electrons. The molecule has 0 unspecified atom stereocenters. The van der Waals surface area contributed by atoms with E-state index in [0.717, 1.165) is 36.2 Å². The minimum absolute atomic E-state index is 0.160. The number of hydrogen-bond donors (Lipinski definition) is 1. The molecule has 0 spiro atoms. The normalized spacial score (nSPS) is 11.4. The second-order valence-electron chi connectivity index (χ2n) is 6.32. The average molecular weight is 404 g/mol. The van der Waals surface area contributed by atoms with Gasteiger partial charge in [0.1, 0.15) is 9.88 Å². The summed E-state index contributed by atoms with van der Waals surface area (Å²) in [7, 11) is 0. The summed E-state index contributed by atoms with van der Waals surface area (Å²) in [5.41, 5.74) is 0.957. The van der Waals surface area contributed by atoms with E-state index in [0.29, 0.717) is 11.3 Å². The topological polar surface area (TPSA) is 42.0 Å². The minimum atomic E-state index is -4.71. The van der Waals surface area contributed by atoms with Gasteiger partial charge in [-0.15, -0.1) is 11.3 Å². The third-order valence-corrected chi connectivity index (χ3v) is 5.26. The zero-order valence-corrected chi connectivity index (χ0v) is 16.0. The lowest BCUT2D eigenvalue weighted by molar-refractivity contribution is -0.140. The van der Waals surface area contributed by atoms with Crippen molar-refractivity contribution in [1.29, 1.82) is 0 Å². The summed E-state index contributed by atoms with van der Waals surface area (Å²) in [6, 6.07) is 15.7. The highest BCUT2D eigenvalue weighted by Gasteiger charge is 2.39. The number of halogens is 3. The zero-order chi connectivity index (χ0) is 20.1. The predicted molar refractivity (Wildman–Crippen MR) is 106 cm³/mol. The molecule has 3 rings (SSSR count). The Morgan fingerprint density at radius 3 is 2.36 bits per heavy atom. The van der Waals surface area contributed by atoms with Gasteiger partial charge in [-0.3, -0.25) is 4.79 Å². The van der Waals surface area contributed by atoms with Gasteiger partial charge in [0, 0.05) is 11.3 Å². The van der Waals surface area contributed by atoms with Gasteiger partial charge in [-0.1, -0.05) is 55.8 Å². The Morgan fingerprint density at radius 1 is 1.07 bits per heavy atom. The van der Waals surface area contributed by atoms with Crippen molar-refractivity contribution < 1.29 is 18.0 Å². The first-order valence-corrected chi connectivity index (χ1v) is 9.74. The van der Waals surface area contributed by atoms with Gasteiger partial charge >= 0.3 is 6.18 Å². The van der Waals surface area contributed by atoms with Crippen molar-refractivity contribution in [2.45, 2.75) is 32.4 Å². The first-order chi connectivity index (χ1) is 13.4. The molecule has 0 saturated heterocycles. The molecule has 0 aliphatic carbocycles. The summed E-state index contributed by atoms with van der Waals surface area (Å²) < 4.78 is 40.2. The first-order valence-electron chi connectivity index (χ1n) is 8.92.